The molecule has 1 saturated carbocycles. The first kappa shape index (κ1) is 13.5. The molecule has 0 aliphatic heterocycles. The van der Waals surface area contributed by atoms with Gasteiger partial charge in [0.15, 0.2) is 0 Å². The van der Waals surface area contributed by atoms with Crippen molar-refractivity contribution >= 4 is 5.78 Å². The lowest BCUT2D eigenvalue weighted by Gasteiger charge is -2.22. The molecule has 0 radical (unpaired) electrons. The van der Waals surface area contributed by atoms with E-state index in [1.165, 1.54) is 19.3 Å². The molecule has 1 atom stereocenters. The van der Waals surface area contributed by atoms with Crippen LogP contribution in [0.25, 0.3) is 0 Å². The second-order valence-electron chi connectivity index (χ2n) is 5.94. The molecule has 0 saturated heterocycles. The number of allylic oxidation sites excluding steroid dienone is 2. The van der Waals surface area contributed by atoms with E-state index >= 15 is 0 Å². The topological polar surface area (TPSA) is 17.1 Å². The number of ketones is 1. The van der Waals surface area contributed by atoms with E-state index in [1.54, 1.807) is 0 Å². The fourth-order valence-electron chi connectivity index (χ4n) is 2.34. The lowest BCUT2D eigenvalue weighted by atomic mass is 9.83. The molecular weight excluding hydrogens is 196 g/mol. The largest absolute Gasteiger partial charge is 0.300 e. The van der Waals surface area contributed by atoms with E-state index in [2.05, 4.69) is 32.9 Å². The smallest absolute Gasteiger partial charge is 0.133 e. The zero-order valence-corrected chi connectivity index (χ0v) is 11.1. The van der Waals surface area contributed by atoms with E-state index in [1.807, 2.05) is 0 Å². The Kier molecular flexibility index (Phi) is 5.24. The number of carbonyl (C=O) groups excluding carboxylic acids is 1. The lowest BCUT2D eigenvalue weighted by molar-refractivity contribution is -0.117. The van der Waals surface area contributed by atoms with Gasteiger partial charge in [0.25, 0.3) is 0 Å². The van der Waals surface area contributed by atoms with Crippen LogP contribution in [0.4, 0.5) is 0 Å². The first-order valence-electron chi connectivity index (χ1n) is 6.72. The molecule has 1 fully saturated rings. The molecule has 0 spiro atoms. The van der Waals surface area contributed by atoms with Gasteiger partial charge in [-0.3, -0.25) is 4.79 Å². The van der Waals surface area contributed by atoms with Gasteiger partial charge < -0.3 is 0 Å². The number of rotatable bonds is 6. The fourth-order valence-corrected chi connectivity index (χ4v) is 2.34. The molecule has 0 aromatic heterocycles. The summed E-state index contributed by atoms with van der Waals surface area (Å²) in [5, 5.41) is 0. The molecule has 0 aromatic rings. The van der Waals surface area contributed by atoms with Gasteiger partial charge >= 0.3 is 0 Å². The van der Waals surface area contributed by atoms with Gasteiger partial charge in [-0.2, -0.15) is 0 Å². The van der Waals surface area contributed by atoms with Gasteiger partial charge in [-0.05, 0) is 30.6 Å². The minimum absolute atomic E-state index is 0.426. The Morgan fingerprint density at radius 2 is 2.19 bits per heavy atom. The van der Waals surface area contributed by atoms with Crippen molar-refractivity contribution < 1.29 is 4.79 Å². The highest BCUT2D eigenvalue weighted by molar-refractivity contribution is 5.80. The quantitative estimate of drug-likeness (QED) is 0.604. The molecule has 0 bridgehead atoms. The molecule has 92 valence electrons. The van der Waals surface area contributed by atoms with Crippen molar-refractivity contribution in [1.82, 2.24) is 0 Å². The zero-order chi connectivity index (χ0) is 12.0. The maximum Gasteiger partial charge on any atom is 0.133 e. The maximum absolute atomic E-state index is 11.1. The lowest BCUT2D eigenvalue weighted by Crippen LogP contribution is -2.09. The van der Waals surface area contributed by atoms with Crippen LogP contribution in [0.1, 0.15) is 65.7 Å². The predicted molar refractivity (Wildman–Crippen MR) is 69.4 cm³/mol. The van der Waals surface area contributed by atoms with E-state index in [0.717, 1.165) is 25.7 Å². The normalized spacial score (nSPS) is 22.2. The van der Waals surface area contributed by atoms with Gasteiger partial charge in [0, 0.05) is 12.8 Å². The molecule has 16 heavy (non-hydrogen) atoms. The van der Waals surface area contributed by atoms with Gasteiger partial charge in [-0.15, -0.1) is 0 Å². The third-order valence-electron chi connectivity index (χ3n) is 3.57. The summed E-state index contributed by atoms with van der Waals surface area (Å²) in [7, 11) is 0. The Morgan fingerprint density at radius 1 is 1.44 bits per heavy atom. The number of Topliss-reactive ketones (excluding diaryl/α,β-unsaturated/α-hetero) is 1. The van der Waals surface area contributed by atoms with Gasteiger partial charge in [0.05, 0.1) is 0 Å². The molecule has 1 aliphatic carbocycles. The second kappa shape index (κ2) is 6.22. The highest BCUT2D eigenvalue weighted by Gasteiger charge is 2.20. The Morgan fingerprint density at radius 3 is 2.75 bits per heavy atom. The highest BCUT2D eigenvalue weighted by atomic mass is 16.1. The summed E-state index contributed by atoms with van der Waals surface area (Å²) in [5.74, 6) is 0.981. The van der Waals surface area contributed by atoms with Crippen molar-refractivity contribution in [2.75, 3.05) is 0 Å². The second-order valence-corrected chi connectivity index (χ2v) is 5.94. The van der Waals surface area contributed by atoms with Crippen LogP contribution >= 0.6 is 0 Å². The van der Waals surface area contributed by atoms with Crippen LogP contribution in [0, 0.1) is 11.3 Å². The Bertz CT molecular complexity index is 250. The molecule has 0 aromatic carbocycles. The molecule has 1 rings (SSSR count). The number of hydrogen-bond acceptors (Lipinski definition) is 1. The van der Waals surface area contributed by atoms with Gasteiger partial charge in [-0.1, -0.05) is 45.8 Å². The average Bonchev–Trinajstić information content (AvgIpc) is 2.61. The predicted octanol–water partition coefficient (Wildman–Crippen LogP) is 4.52. The molecule has 1 heteroatoms. The van der Waals surface area contributed by atoms with Crippen molar-refractivity contribution in [2.24, 2.45) is 11.3 Å². The Labute approximate surface area is 100 Å². The van der Waals surface area contributed by atoms with E-state index in [-0.39, 0.29) is 0 Å². The van der Waals surface area contributed by atoms with Crippen LogP contribution in [0.3, 0.4) is 0 Å². The van der Waals surface area contributed by atoms with Crippen LogP contribution in [0.5, 0.6) is 0 Å². The minimum Gasteiger partial charge on any atom is -0.300 e. The molecular formula is C15H26O. The van der Waals surface area contributed by atoms with Gasteiger partial charge in [0.2, 0.25) is 0 Å². The number of hydrogen-bond donors (Lipinski definition) is 0. The fraction of sp³-hybridized carbons (Fsp3) is 0.800. The van der Waals surface area contributed by atoms with Crippen LogP contribution in [-0.2, 0) is 4.79 Å². The summed E-state index contributed by atoms with van der Waals surface area (Å²) in [6.45, 7) is 6.93. The van der Waals surface area contributed by atoms with Crippen LogP contribution in [-0.4, -0.2) is 5.78 Å². The standard InChI is InChI=1S/C15H26O/c1-4-5-10-15(2,3)11-6-7-13-8-9-14(16)12-13/h6-7,13H,4-5,8-12H2,1-3H3/b7-6+/t13-/m0/s1. The summed E-state index contributed by atoms with van der Waals surface area (Å²) in [6.07, 6.45) is 12.3. The van der Waals surface area contributed by atoms with Crippen molar-refractivity contribution in [3.8, 4) is 0 Å². The third-order valence-corrected chi connectivity index (χ3v) is 3.57. The molecule has 0 heterocycles. The van der Waals surface area contributed by atoms with E-state index in [0.29, 0.717) is 17.1 Å². The maximum atomic E-state index is 11.1. The molecule has 0 N–H and O–H groups in total. The van der Waals surface area contributed by atoms with Crippen LogP contribution < -0.4 is 0 Å². The zero-order valence-electron chi connectivity index (χ0n) is 11.1. The molecule has 1 nitrogen and oxygen atoms in total. The Balaban J connectivity index is 2.27. The monoisotopic (exact) mass is 222 g/mol. The summed E-state index contributed by atoms with van der Waals surface area (Å²) in [5.41, 5.74) is 0.426. The van der Waals surface area contributed by atoms with E-state index in [9.17, 15) is 4.79 Å². The van der Waals surface area contributed by atoms with Crippen molar-refractivity contribution in [3.05, 3.63) is 12.2 Å². The summed E-state index contributed by atoms with van der Waals surface area (Å²) >= 11 is 0. The number of carbonyl (C=O) groups is 1. The summed E-state index contributed by atoms with van der Waals surface area (Å²) in [4.78, 5) is 11.1. The highest BCUT2D eigenvalue weighted by Crippen LogP contribution is 2.29. The molecule has 0 unspecified atom stereocenters. The van der Waals surface area contributed by atoms with Crippen LogP contribution in [0.2, 0.25) is 0 Å². The van der Waals surface area contributed by atoms with Crippen molar-refractivity contribution in [1.29, 1.82) is 0 Å². The van der Waals surface area contributed by atoms with E-state index in [4.69, 9.17) is 0 Å². The molecule has 1 aliphatic rings. The first-order valence-corrected chi connectivity index (χ1v) is 6.72. The van der Waals surface area contributed by atoms with Crippen molar-refractivity contribution in [2.45, 2.75) is 65.7 Å². The van der Waals surface area contributed by atoms with Gasteiger partial charge in [0.1, 0.15) is 5.78 Å². The summed E-state index contributed by atoms with van der Waals surface area (Å²) < 4.78 is 0. The van der Waals surface area contributed by atoms with Gasteiger partial charge in [-0.25, -0.2) is 0 Å². The molecule has 0 amide bonds. The van der Waals surface area contributed by atoms with Crippen molar-refractivity contribution in [3.63, 3.8) is 0 Å². The number of unbranched alkanes of at least 4 members (excludes halogenated alkanes) is 1. The summed E-state index contributed by atoms with van der Waals surface area (Å²) in [6, 6.07) is 0. The van der Waals surface area contributed by atoms with E-state index < -0.39 is 0 Å². The minimum atomic E-state index is 0.426. The van der Waals surface area contributed by atoms with Crippen LogP contribution in [0.15, 0.2) is 12.2 Å². The first-order chi connectivity index (χ1) is 7.53. The average molecular weight is 222 g/mol. The SMILES string of the molecule is CCCCC(C)(C)C/C=C/[C@H]1CCC(=O)C1. The third kappa shape index (κ3) is 4.96. The Hall–Kier alpha value is -0.590.